The van der Waals surface area contributed by atoms with E-state index in [0.29, 0.717) is 6.42 Å². The summed E-state index contributed by atoms with van der Waals surface area (Å²) in [6.07, 6.45) is 3.11. The Kier molecular flexibility index (Phi) is 5.38. The number of benzene rings is 1. The highest BCUT2D eigenvalue weighted by Gasteiger charge is 2.27. The van der Waals surface area contributed by atoms with Gasteiger partial charge < -0.3 is 15.0 Å². The predicted octanol–water partition coefficient (Wildman–Crippen LogP) is 1.84. The van der Waals surface area contributed by atoms with Gasteiger partial charge in [-0.15, -0.1) is 0 Å². The molecule has 6 heteroatoms. The van der Waals surface area contributed by atoms with Crippen molar-refractivity contribution in [2.24, 2.45) is 7.05 Å². The number of hydrogen-bond donors (Lipinski definition) is 1. The fourth-order valence-electron chi connectivity index (χ4n) is 3.30. The molecule has 1 fully saturated rings. The summed E-state index contributed by atoms with van der Waals surface area (Å²) in [7, 11) is 3.59. The minimum Gasteiger partial charge on any atom is -0.497 e. The molecule has 1 aromatic carbocycles. The number of amides is 1. The highest BCUT2D eigenvalue weighted by Crippen LogP contribution is 2.25. The third kappa shape index (κ3) is 3.85. The average molecular weight is 342 g/mol. The lowest BCUT2D eigenvalue weighted by atomic mass is 10.0. The van der Waals surface area contributed by atoms with E-state index in [1.165, 1.54) is 0 Å². The Morgan fingerprint density at radius 3 is 2.76 bits per heavy atom. The largest absolute Gasteiger partial charge is 0.497 e. The van der Waals surface area contributed by atoms with Crippen LogP contribution < -0.4 is 10.1 Å². The van der Waals surface area contributed by atoms with Crippen LogP contribution in [-0.4, -0.2) is 47.3 Å². The number of nitrogens with zero attached hydrogens (tertiary/aromatic N) is 3. The first kappa shape index (κ1) is 17.5. The fraction of sp³-hybridized carbons (Fsp3) is 0.474. The van der Waals surface area contributed by atoms with Crippen molar-refractivity contribution in [3.05, 3.63) is 47.3 Å². The molecular formula is C19H26N4O2. The minimum absolute atomic E-state index is 0.0714. The summed E-state index contributed by atoms with van der Waals surface area (Å²) in [6, 6.07) is 8.06. The lowest BCUT2D eigenvalue weighted by molar-refractivity contribution is -0.134. The van der Waals surface area contributed by atoms with Gasteiger partial charge in [0.2, 0.25) is 5.91 Å². The Morgan fingerprint density at radius 1 is 1.36 bits per heavy atom. The van der Waals surface area contributed by atoms with Crippen LogP contribution >= 0.6 is 0 Å². The van der Waals surface area contributed by atoms with Gasteiger partial charge in [0, 0.05) is 38.8 Å². The number of aromatic nitrogens is 2. The van der Waals surface area contributed by atoms with E-state index in [9.17, 15) is 4.79 Å². The molecule has 6 nitrogen and oxygen atoms in total. The SMILES string of the molecule is COc1ccc(C2CNCCN2C(=O)CCc2cnn(C)c2C)cc1. The summed E-state index contributed by atoms with van der Waals surface area (Å²) in [5, 5.41) is 7.65. The maximum atomic E-state index is 12.8. The first-order chi connectivity index (χ1) is 12.1. The molecule has 0 spiro atoms. The smallest absolute Gasteiger partial charge is 0.223 e. The van der Waals surface area contributed by atoms with Gasteiger partial charge in [0.05, 0.1) is 19.3 Å². The fourth-order valence-corrected chi connectivity index (χ4v) is 3.30. The van der Waals surface area contributed by atoms with Crippen molar-refractivity contribution in [2.45, 2.75) is 25.8 Å². The second-order valence-electron chi connectivity index (χ2n) is 6.46. The van der Waals surface area contributed by atoms with Gasteiger partial charge in [-0.25, -0.2) is 0 Å². The molecule has 2 heterocycles. The monoisotopic (exact) mass is 342 g/mol. The van der Waals surface area contributed by atoms with E-state index in [1.807, 2.05) is 54.0 Å². The average Bonchev–Trinajstić information content (AvgIpc) is 2.98. The van der Waals surface area contributed by atoms with Crippen LogP contribution in [0.5, 0.6) is 5.75 Å². The van der Waals surface area contributed by atoms with E-state index in [-0.39, 0.29) is 11.9 Å². The van der Waals surface area contributed by atoms with Gasteiger partial charge >= 0.3 is 0 Å². The first-order valence-corrected chi connectivity index (χ1v) is 8.71. The van der Waals surface area contributed by atoms with Crippen molar-refractivity contribution in [3.63, 3.8) is 0 Å². The van der Waals surface area contributed by atoms with Crippen LogP contribution in [0.1, 0.15) is 29.3 Å². The van der Waals surface area contributed by atoms with Crippen LogP contribution in [0.2, 0.25) is 0 Å². The van der Waals surface area contributed by atoms with E-state index in [0.717, 1.165) is 48.6 Å². The Hall–Kier alpha value is -2.34. The highest BCUT2D eigenvalue weighted by molar-refractivity contribution is 5.77. The number of aryl methyl sites for hydroxylation is 2. The maximum Gasteiger partial charge on any atom is 0.223 e. The summed E-state index contributed by atoms with van der Waals surface area (Å²) in [5.41, 5.74) is 3.41. The van der Waals surface area contributed by atoms with Crippen LogP contribution in [0.15, 0.2) is 30.5 Å². The van der Waals surface area contributed by atoms with Crippen LogP contribution in [-0.2, 0) is 18.3 Å². The van der Waals surface area contributed by atoms with Crippen LogP contribution in [0, 0.1) is 6.92 Å². The number of hydrogen-bond acceptors (Lipinski definition) is 4. The standard InChI is InChI=1S/C19H26N4O2/c1-14-16(12-21-22(14)2)6-9-19(24)23-11-10-20-13-18(23)15-4-7-17(25-3)8-5-15/h4-5,7-8,12,18,20H,6,9-11,13H2,1-3H3. The van der Waals surface area contributed by atoms with Crippen molar-refractivity contribution in [2.75, 3.05) is 26.7 Å². The zero-order valence-electron chi connectivity index (χ0n) is 15.2. The molecule has 134 valence electrons. The van der Waals surface area contributed by atoms with E-state index >= 15 is 0 Å². The number of piperazine rings is 1. The summed E-state index contributed by atoms with van der Waals surface area (Å²) >= 11 is 0. The third-order valence-corrected chi connectivity index (χ3v) is 5.01. The molecule has 25 heavy (non-hydrogen) atoms. The molecule has 1 N–H and O–H groups in total. The lowest BCUT2D eigenvalue weighted by Crippen LogP contribution is -2.48. The normalized spacial score (nSPS) is 17.6. The number of methoxy groups -OCH3 is 1. The Morgan fingerprint density at radius 2 is 2.12 bits per heavy atom. The zero-order valence-corrected chi connectivity index (χ0v) is 15.2. The van der Waals surface area contributed by atoms with Gasteiger partial charge in [-0.2, -0.15) is 5.10 Å². The number of ether oxygens (including phenoxy) is 1. The highest BCUT2D eigenvalue weighted by atomic mass is 16.5. The maximum absolute atomic E-state index is 12.8. The first-order valence-electron chi connectivity index (χ1n) is 8.71. The van der Waals surface area contributed by atoms with Gasteiger partial charge in [-0.1, -0.05) is 12.1 Å². The summed E-state index contributed by atoms with van der Waals surface area (Å²) < 4.78 is 7.08. The lowest BCUT2D eigenvalue weighted by Gasteiger charge is -2.36. The van der Waals surface area contributed by atoms with Crippen LogP contribution in [0.4, 0.5) is 0 Å². The summed E-state index contributed by atoms with van der Waals surface area (Å²) in [5.74, 6) is 1.03. The number of carbonyl (C=O) groups excluding carboxylic acids is 1. The van der Waals surface area contributed by atoms with E-state index < -0.39 is 0 Å². The van der Waals surface area contributed by atoms with Gasteiger partial charge in [0.15, 0.2) is 0 Å². The molecule has 0 saturated carbocycles. The molecular weight excluding hydrogens is 316 g/mol. The van der Waals surface area contributed by atoms with Gasteiger partial charge in [0.25, 0.3) is 0 Å². The van der Waals surface area contributed by atoms with Crippen molar-refractivity contribution in [3.8, 4) is 5.75 Å². The number of carbonyl (C=O) groups is 1. The van der Waals surface area contributed by atoms with Crippen molar-refractivity contribution >= 4 is 5.91 Å². The van der Waals surface area contributed by atoms with Gasteiger partial charge in [-0.3, -0.25) is 9.48 Å². The molecule has 1 atom stereocenters. The molecule has 2 aromatic rings. The van der Waals surface area contributed by atoms with Crippen molar-refractivity contribution < 1.29 is 9.53 Å². The molecule has 3 rings (SSSR count). The van der Waals surface area contributed by atoms with Crippen LogP contribution in [0.3, 0.4) is 0 Å². The van der Waals surface area contributed by atoms with E-state index in [4.69, 9.17) is 4.74 Å². The Bertz CT molecular complexity index is 724. The van der Waals surface area contributed by atoms with Gasteiger partial charge in [-0.05, 0) is 36.6 Å². The molecule has 1 unspecified atom stereocenters. The van der Waals surface area contributed by atoms with Crippen LogP contribution in [0.25, 0.3) is 0 Å². The number of rotatable bonds is 5. The molecule has 1 aromatic heterocycles. The molecule has 1 amide bonds. The van der Waals surface area contributed by atoms with E-state index in [1.54, 1.807) is 7.11 Å². The molecule has 1 aliphatic heterocycles. The quantitative estimate of drug-likeness (QED) is 0.901. The predicted molar refractivity (Wildman–Crippen MR) is 96.6 cm³/mol. The third-order valence-electron chi connectivity index (χ3n) is 5.01. The molecule has 0 bridgehead atoms. The summed E-state index contributed by atoms with van der Waals surface area (Å²) in [6.45, 7) is 4.40. The molecule has 1 aliphatic rings. The van der Waals surface area contributed by atoms with E-state index in [2.05, 4.69) is 10.4 Å². The molecule has 0 aliphatic carbocycles. The Balaban J connectivity index is 1.69. The van der Waals surface area contributed by atoms with Crippen molar-refractivity contribution in [1.82, 2.24) is 20.0 Å². The second-order valence-corrected chi connectivity index (χ2v) is 6.46. The molecule has 0 radical (unpaired) electrons. The topological polar surface area (TPSA) is 59.4 Å². The number of nitrogens with one attached hydrogen (secondary N) is 1. The minimum atomic E-state index is 0.0714. The summed E-state index contributed by atoms with van der Waals surface area (Å²) in [4.78, 5) is 14.8. The second kappa shape index (κ2) is 7.70. The van der Waals surface area contributed by atoms with Crippen molar-refractivity contribution in [1.29, 1.82) is 0 Å². The molecule has 1 saturated heterocycles. The Labute approximate surface area is 148 Å². The zero-order chi connectivity index (χ0) is 17.8. The van der Waals surface area contributed by atoms with Gasteiger partial charge in [0.1, 0.15) is 5.75 Å².